The number of anilines is 1. The summed E-state index contributed by atoms with van der Waals surface area (Å²) in [4.78, 5) is 22.8. The molecule has 0 radical (unpaired) electrons. The highest BCUT2D eigenvalue weighted by Crippen LogP contribution is 2.46. The Hall–Kier alpha value is -2.04. The number of ether oxygens (including phenoxy) is 1. The van der Waals surface area contributed by atoms with Crippen molar-refractivity contribution in [1.29, 1.82) is 0 Å². The predicted octanol–water partition coefficient (Wildman–Crippen LogP) is 1.50. The van der Waals surface area contributed by atoms with E-state index >= 15 is 0 Å². The number of carboxylic acid groups (broad SMARTS) is 1. The number of aliphatic carboxylic acids is 1. The zero-order valence-corrected chi connectivity index (χ0v) is 9.40. The molecule has 1 saturated carbocycles. The molecule has 5 heteroatoms. The quantitative estimate of drug-likeness (QED) is 0.775. The van der Waals surface area contributed by atoms with E-state index in [-0.39, 0.29) is 0 Å². The van der Waals surface area contributed by atoms with E-state index in [9.17, 15) is 9.59 Å². The Kier molecular flexibility index (Phi) is 2.75. The summed E-state index contributed by atoms with van der Waals surface area (Å²) < 4.78 is 5.02. The van der Waals surface area contributed by atoms with Crippen LogP contribution >= 0.6 is 0 Å². The van der Waals surface area contributed by atoms with Gasteiger partial charge in [-0.25, -0.2) is 0 Å². The second kappa shape index (κ2) is 4.08. The van der Waals surface area contributed by atoms with Gasteiger partial charge >= 0.3 is 5.97 Å². The highest BCUT2D eigenvalue weighted by Gasteiger charge is 2.57. The third kappa shape index (κ3) is 2.08. The molecule has 0 heterocycles. The zero-order valence-electron chi connectivity index (χ0n) is 9.40. The average molecular weight is 235 g/mol. The zero-order chi connectivity index (χ0) is 12.5. The number of hydrogen-bond acceptors (Lipinski definition) is 3. The van der Waals surface area contributed by atoms with E-state index < -0.39 is 17.3 Å². The molecule has 0 unspecified atom stereocenters. The van der Waals surface area contributed by atoms with Crippen molar-refractivity contribution >= 4 is 17.6 Å². The van der Waals surface area contributed by atoms with Crippen molar-refractivity contribution in [3.8, 4) is 5.75 Å². The first-order valence-corrected chi connectivity index (χ1v) is 5.27. The van der Waals surface area contributed by atoms with Crippen molar-refractivity contribution in [2.24, 2.45) is 5.41 Å². The maximum atomic E-state index is 11.8. The molecule has 0 atom stereocenters. The molecule has 90 valence electrons. The van der Waals surface area contributed by atoms with Crippen LogP contribution in [0.2, 0.25) is 0 Å². The number of hydrogen-bond donors (Lipinski definition) is 2. The van der Waals surface area contributed by atoms with Crippen LogP contribution in [-0.2, 0) is 9.59 Å². The lowest BCUT2D eigenvalue weighted by Crippen LogP contribution is -2.31. The molecule has 0 saturated heterocycles. The van der Waals surface area contributed by atoms with E-state index in [1.165, 1.54) is 7.11 Å². The van der Waals surface area contributed by atoms with Gasteiger partial charge in [0.15, 0.2) is 0 Å². The van der Waals surface area contributed by atoms with Gasteiger partial charge in [0.25, 0.3) is 0 Å². The topological polar surface area (TPSA) is 75.6 Å². The molecule has 0 spiro atoms. The monoisotopic (exact) mass is 235 g/mol. The molecule has 0 aromatic heterocycles. The highest BCUT2D eigenvalue weighted by atomic mass is 16.5. The molecule has 1 amide bonds. The Bertz CT molecular complexity index is 465. The summed E-state index contributed by atoms with van der Waals surface area (Å²) >= 11 is 0. The van der Waals surface area contributed by atoms with Gasteiger partial charge in [-0.2, -0.15) is 0 Å². The van der Waals surface area contributed by atoms with Crippen molar-refractivity contribution in [3.05, 3.63) is 24.3 Å². The Balaban J connectivity index is 2.11. The Labute approximate surface area is 98.4 Å². The van der Waals surface area contributed by atoms with Gasteiger partial charge in [0, 0.05) is 11.8 Å². The highest BCUT2D eigenvalue weighted by molar-refractivity contribution is 6.10. The van der Waals surface area contributed by atoms with Crippen LogP contribution in [0.5, 0.6) is 5.75 Å². The molecule has 1 fully saturated rings. The maximum absolute atomic E-state index is 11.8. The van der Waals surface area contributed by atoms with Crippen LogP contribution in [0.3, 0.4) is 0 Å². The normalized spacial score (nSPS) is 16.1. The second-order valence-corrected chi connectivity index (χ2v) is 4.07. The molecule has 1 aromatic carbocycles. The van der Waals surface area contributed by atoms with Crippen molar-refractivity contribution < 1.29 is 19.4 Å². The fraction of sp³-hybridized carbons (Fsp3) is 0.333. The molecule has 0 aliphatic heterocycles. The van der Waals surface area contributed by atoms with Crippen LogP contribution < -0.4 is 10.1 Å². The number of rotatable bonds is 4. The molecule has 5 nitrogen and oxygen atoms in total. The lowest BCUT2D eigenvalue weighted by Gasteiger charge is -2.11. The lowest BCUT2D eigenvalue weighted by molar-refractivity contribution is -0.147. The SMILES string of the molecule is COc1cccc(NC(=O)C2(C(=O)O)CC2)c1. The molecule has 17 heavy (non-hydrogen) atoms. The molecule has 1 aliphatic carbocycles. The van der Waals surface area contributed by atoms with Gasteiger partial charge in [-0.1, -0.05) is 6.07 Å². The first-order valence-electron chi connectivity index (χ1n) is 5.27. The predicted molar refractivity (Wildman–Crippen MR) is 60.9 cm³/mol. The Morgan fingerprint density at radius 3 is 2.65 bits per heavy atom. The van der Waals surface area contributed by atoms with E-state index in [0.717, 1.165) is 0 Å². The summed E-state index contributed by atoms with van der Waals surface area (Å²) in [5.41, 5.74) is -0.676. The fourth-order valence-corrected chi connectivity index (χ4v) is 1.61. The second-order valence-electron chi connectivity index (χ2n) is 4.07. The average Bonchev–Trinajstić information content (AvgIpc) is 3.10. The van der Waals surface area contributed by atoms with Crippen LogP contribution in [-0.4, -0.2) is 24.1 Å². The van der Waals surface area contributed by atoms with Crippen molar-refractivity contribution in [3.63, 3.8) is 0 Å². The Morgan fingerprint density at radius 1 is 1.41 bits per heavy atom. The van der Waals surface area contributed by atoms with Crippen LogP contribution in [0.15, 0.2) is 24.3 Å². The number of methoxy groups -OCH3 is 1. The summed E-state index contributed by atoms with van der Waals surface area (Å²) in [6, 6.07) is 6.82. The van der Waals surface area contributed by atoms with Crippen LogP contribution in [0.4, 0.5) is 5.69 Å². The van der Waals surface area contributed by atoms with Crippen LogP contribution in [0.25, 0.3) is 0 Å². The number of carboxylic acids is 1. The molecule has 1 aromatic rings. The third-order valence-electron chi connectivity index (χ3n) is 2.92. The lowest BCUT2D eigenvalue weighted by atomic mass is 10.1. The minimum Gasteiger partial charge on any atom is -0.497 e. The molecule has 1 aliphatic rings. The van der Waals surface area contributed by atoms with Crippen molar-refractivity contribution in [2.45, 2.75) is 12.8 Å². The number of nitrogens with one attached hydrogen (secondary N) is 1. The molecular weight excluding hydrogens is 222 g/mol. The smallest absolute Gasteiger partial charge is 0.319 e. The first-order chi connectivity index (χ1) is 8.08. The van der Waals surface area contributed by atoms with Gasteiger partial charge in [-0.05, 0) is 25.0 Å². The van der Waals surface area contributed by atoms with E-state index in [2.05, 4.69) is 5.32 Å². The number of benzene rings is 1. The molecular formula is C12H13NO4. The summed E-state index contributed by atoms with van der Waals surface area (Å²) in [7, 11) is 1.53. The van der Waals surface area contributed by atoms with Crippen LogP contribution in [0, 0.1) is 5.41 Å². The molecule has 0 bridgehead atoms. The van der Waals surface area contributed by atoms with Crippen molar-refractivity contribution in [2.75, 3.05) is 12.4 Å². The van der Waals surface area contributed by atoms with Gasteiger partial charge in [0.2, 0.25) is 5.91 Å². The Morgan fingerprint density at radius 2 is 2.12 bits per heavy atom. The van der Waals surface area contributed by atoms with E-state index in [1.54, 1.807) is 24.3 Å². The van der Waals surface area contributed by atoms with E-state index in [4.69, 9.17) is 9.84 Å². The maximum Gasteiger partial charge on any atom is 0.319 e. The standard InChI is InChI=1S/C12H13NO4/c1-17-9-4-2-3-8(7-9)13-10(14)12(5-6-12)11(15)16/h2-4,7H,5-6H2,1H3,(H,13,14)(H,15,16). The molecule has 2 rings (SSSR count). The first kappa shape index (κ1) is 11.4. The largest absolute Gasteiger partial charge is 0.497 e. The number of carbonyl (C=O) groups is 2. The summed E-state index contributed by atoms with van der Waals surface area (Å²) in [5.74, 6) is -0.904. The van der Waals surface area contributed by atoms with Gasteiger partial charge in [-0.15, -0.1) is 0 Å². The van der Waals surface area contributed by atoms with E-state index in [1.807, 2.05) is 0 Å². The number of amides is 1. The van der Waals surface area contributed by atoms with Gasteiger partial charge < -0.3 is 15.2 Å². The van der Waals surface area contributed by atoms with Crippen LogP contribution in [0.1, 0.15) is 12.8 Å². The molecule has 2 N–H and O–H groups in total. The van der Waals surface area contributed by atoms with Gasteiger partial charge in [0.05, 0.1) is 7.11 Å². The van der Waals surface area contributed by atoms with Crippen molar-refractivity contribution in [1.82, 2.24) is 0 Å². The summed E-state index contributed by atoms with van der Waals surface area (Å²) in [5, 5.41) is 11.6. The van der Waals surface area contributed by atoms with E-state index in [0.29, 0.717) is 24.3 Å². The summed E-state index contributed by atoms with van der Waals surface area (Å²) in [6.45, 7) is 0. The number of carbonyl (C=O) groups excluding carboxylic acids is 1. The van der Waals surface area contributed by atoms with Gasteiger partial charge in [-0.3, -0.25) is 9.59 Å². The minimum atomic E-state index is -1.22. The van der Waals surface area contributed by atoms with Gasteiger partial charge in [0.1, 0.15) is 11.2 Å². The fourth-order valence-electron chi connectivity index (χ4n) is 1.61. The third-order valence-corrected chi connectivity index (χ3v) is 2.92. The summed E-state index contributed by atoms with van der Waals surface area (Å²) in [6.07, 6.45) is 0.802. The minimum absolute atomic E-state index is 0.401.